The molecule has 1 aromatic heterocycles. The van der Waals surface area contributed by atoms with Gasteiger partial charge in [-0.25, -0.2) is 4.99 Å². The molecule has 16 heavy (non-hydrogen) atoms. The molecule has 1 fully saturated rings. The van der Waals surface area contributed by atoms with Crippen LogP contribution in [0.3, 0.4) is 0 Å². The van der Waals surface area contributed by atoms with Gasteiger partial charge in [0.2, 0.25) is 5.91 Å². The Morgan fingerprint density at radius 3 is 2.94 bits per heavy atom. The van der Waals surface area contributed by atoms with Gasteiger partial charge in [0.25, 0.3) is 0 Å². The third-order valence-electron chi connectivity index (χ3n) is 2.22. The first-order chi connectivity index (χ1) is 7.79. The van der Waals surface area contributed by atoms with Gasteiger partial charge < -0.3 is 5.32 Å². The van der Waals surface area contributed by atoms with Crippen molar-refractivity contribution in [3.05, 3.63) is 24.5 Å². The first-order valence-corrected chi connectivity index (χ1v) is 6.14. The minimum Gasteiger partial charge on any atom is -0.304 e. The topological polar surface area (TPSA) is 54.4 Å². The first-order valence-electron chi connectivity index (χ1n) is 5.26. The molecule has 1 aliphatic heterocycles. The molecule has 2 heterocycles. The molecule has 0 spiro atoms. The predicted molar refractivity (Wildman–Crippen MR) is 65.8 cm³/mol. The summed E-state index contributed by atoms with van der Waals surface area (Å²) in [6, 6.07) is 3.62. The van der Waals surface area contributed by atoms with Crippen LogP contribution in [0.2, 0.25) is 0 Å². The van der Waals surface area contributed by atoms with E-state index in [4.69, 9.17) is 0 Å². The van der Waals surface area contributed by atoms with Gasteiger partial charge in [-0.3, -0.25) is 9.78 Å². The van der Waals surface area contributed by atoms with E-state index >= 15 is 0 Å². The summed E-state index contributed by atoms with van der Waals surface area (Å²) >= 11 is 1.51. The summed E-state index contributed by atoms with van der Waals surface area (Å²) in [7, 11) is 0. The van der Waals surface area contributed by atoms with E-state index in [1.807, 2.05) is 12.1 Å². The highest BCUT2D eigenvalue weighted by Gasteiger charge is 2.28. The standard InChI is InChI=1S/C11H13N3OS/c1-2-3-9-10(15)14-11(16-9)13-8-4-6-12-7-5-8/h4-7,9H,2-3H2,1H3,(H,12,13,14,15). The predicted octanol–water partition coefficient (Wildman–Crippen LogP) is 2.10. The van der Waals surface area contributed by atoms with Crippen LogP contribution >= 0.6 is 11.8 Å². The Morgan fingerprint density at radius 1 is 1.50 bits per heavy atom. The zero-order chi connectivity index (χ0) is 11.4. The highest BCUT2D eigenvalue weighted by molar-refractivity contribution is 8.15. The number of aromatic nitrogens is 1. The van der Waals surface area contributed by atoms with Crippen LogP contribution in [0, 0.1) is 0 Å². The van der Waals surface area contributed by atoms with Crippen LogP contribution in [-0.4, -0.2) is 21.3 Å². The fourth-order valence-corrected chi connectivity index (χ4v) is 2.55. The number of nitrogens with zero attached hydrogens (tertiary/aromatic N) is 2. The van der Waals surface area contributed by atoms with Crippen LogP contribution in [0.25, 0.3) is 0 Å². The van der Waals surface area contributed by atoms with E-state index in [2.05, 4.69) is 22.2 Å². The molecule has 1 atom stereocenters. The largest absolute Gasteiger partial charge is 0.304 e. The number of rotatable bonds is 3. The van der Waals surface area contributed by atoms with Gasteiger partial charge in [0.1, 0.15) is 0 Å². The summed E-state index contributed by atoms with van der Waals surface area (Å²) in [6.45, 7) is 2.08. The molecule has 1 N–H and O–H groups in total. The lowest BCUT2D eigenvalue weighted by atomic mass is 10.2. The van der Waals surface area contributed by atoms with Crippen molar-refractivity contribution >= 4 is 28.5 Å². The van der Waals surface area contributed by atoms with E-state index in [0.717, 1.165) is 18.5 Å². The number of amides is 1. The van der Waals surface area contributed by atoms with Crippen LogP contribution < -0.4 is 5.32 Å². The van der Waals surface area contributed by atoms with E-state index in [-0.39, 0.29) is 11.2 Å². The molecule has 1 saturated heterocycles. The lowest BCUT2D eigenvalue weighted by molar-refractivity contribution is -0.118. The van der Waals surface area contributed by atoms with Gasteiger partial charge in [0.05, 0.1) is 10.9 Å². The van der Waals surface area contributed by atoms with Crippen LogP contribution in [-0.2, 0) is 4.79 Å². The van der Waals surface area contributed by atoms with Crippen molar-refractivity contribution in [2.75, 3.05) is 0 Å². The number of hydrogen-bond donors (Lipinski definition) is 1. The summed E-state index contributed by atoms with van der Waals surface area (Å²) in [5, 5.41) is 3.50. The van der Waals surface area contributed by atoms with Crippen molar-refractivity contribution in [1.29, 1.82) is 0 Å². The Bertz CT molecular complexity index is 405. The maximum Gasteiger partial charge on any atom is 0.239 e. The molecular weight excluding hydrogens is 222 g/mol. The summed E-state index contributed by atoms with van der Waals surface area (Å²) in [6.07, 6.45) is 5.27. The highest BCUT2D eigenvalue weighted by atomic mass is 32.2. The molecule has 2 rings (SSSR count). The molecule has 0 bridgehead atoms. The Morgan fingerprint density at radius 2 is 2.25 bits per heavy atom. The third-order valence-corrected chi connectivity index (χ3v) is 3.37. The van der Waals surface area contributed by atoms with Gasteiger partial charge in [0.15, 0.2) is 5.17 Å². The van der Waals surface area contributed by atoms with Crippen molar-refractivity contribution < 1.29 is 4.79 Å². The van der Waals surface area contributed by atoms with Gasteiger partial charge in [-0.15, -0.1) is 0 Å². The van der Waals surface area contributed by atoms with E-state index in [9.17, 15) is 4.79 Å². The first kappa shape index (κ1) is 11.1. The average molecular weight is 235 g/mol. The van der Waals surface area contributed by atoms with Crippen molar-refractivity contribution in [2.45, 2.75) is 25.0 Å². The second-order valence-electron chi connectivity index (χ2n) is 3.51. The molecule has 84 valence electrons. The quantitative estimate of drug-likeness (QED) is 0.873. The van der Waals surface area contributed by atoms with Crippen molar-refractivity contribution in [3.63, 3.8) is 0 Å². The normalized spacial score (nSPS) is 22.4. The van der Waals surface area contributed by atoms with Crippen molar-refractivity contribution in [2.24, 2.45) is 4.99 Å². The van der Waals surface area contributed by atoms with Crippen molar-refractivity contribution in [3.8, 4) is 0 Å². The monoisotopic (exact) mass is 235 g/mol. The molecule has 1 unspecified atom stereocenters. The van der Waals surface area contributed by atoms with Crippen molar-refractivity contribution in [1.82, 2.24) is 10.3 Å². The lowest BCUT2D eigenvalue weighted by Gasteiger charge is -1.99. The van der Waals surface area contributed by atoms with Gasteiger partial charge in [0, 0.05) is 12.4 Å². The van der Waals surface area contributed by atoms with Gasteiger partial charge >= 0.3 is 0 Å². The number of pyridine rings is 1. The van der Waals surface area contributed by atoms with Crippen LogP contribution in [0.5, 0.6) is 0 Å². The molecular formula is C11H13N3OS. The molecule has 1 amide bonds. The highest BCUT2D eigenvalue weighted by Crippen LogP contribution is 2.25. The minimum atomic E-state index is 0.0191. The lowest BCUT2D eigenvalue weighted by Crippen LogP contribution is -2.24. The van der Waals surface area contributed by atoms with Gasteiger partial charge in [-0.2, -0.15) is 0 Å². The van der Waals surface area contributed by atoms with E-state index < -0.39 is 0 Å². The average Bonchev–Trinajstić information content (AvgIpc) is 2.61. The fraction of sp³-hybridized carbons (Fsp3) is 0.364. The molecule has 1 aliphatic rings. The minimum absolute atomic E-state index is 0.0191. The number of aliphatic imine (C=N–C) groups is 1. The zero-order valence-electron chi connectivity index (χ0n) is 9.01. The number of nitrogens with one attached hydrogen (secondary N) is 1. The molecule has 0 radical (unpaired) electrons. The number of hydrogen-bond acceptors (Lipinski definition) is 4. The second kappa shape index (κ2) is 5.12. The van der Waals surface area contributed by atoms with E-state index in [0.29, 0.717) is 5.17 Å². The number of carbonyl (C=O) groups is 1. The number of thioether (sulfide) groups is 1. The molecule has 5 heteroatoms. The van der Waals surface area contributed by atoms with Gasteiger partial charge in [-0.1, -0.05) is 25.1 Å². The van der Waals surface area contributed by atoms with Crippen LogP contribution in [0.15, 0.2) is 29.5 Å². The Labute approximate surface area is 98.6 Å². The third kappa shape index (κ3) is 2.61. The Kier molecular flexibility index (Phi) is 3.56. The fourth-order valence-electron chi connectivity index (χ4n) is 1.45. The van der Waals surface area contributed by atoms with E-state index in [1.54, 1.807) is 12.4 Å². The summed E-state index contributed by atoms with van der Waals surface area (Å²) < 4.78 is 0. The summed E-state index contributed by atoms with van der Waals surface area (Å²) in [4.78, 5) is 19.8. The second-order valence-corrected chi connectivity index (χ2v) is 4.70. The Hall–Kier alpha value is -1.36. The van der Waals surface area contributed by atoms with Gasteiger partial charge in [-0.05, 0) is 18.6 Å². The SMILES string of the molecule is CCCC1SC(=Nc2ccncc2)NC1=O. The smallest absolute Gasteiger partial charge is 0.239 e. The molecule has 4 nitrogen and oxygen atoms in total. The van der Waals surface area contributed by atoms with Crippen LogP contribution in [0.4, 0.5) is 5.69 Å². The number of amidine groups is 1. The summed E-state index contributed by atoms with van der Waals surface area (Å²) in [5.74, 6) is 0.0691. The number of carbonyl (C=O) groups excluding carboxylic acids is 1. The molecule has 0 aliphatic carbocycles. The zero-order valence-corrected chi connectivity index (χ0v) is 9.83. The maximum atomic E-state index is 11.5. The summed E-state index contributed by atoms with van der Waals surface area (Å²) in [5.41, 5.74) is 0.815. The molecule has 1 aromatic rings. The maximum absolute atomic E-state index is 11.5. The van der Waals surface area contributed by atoms with Crippen LogP contribution in [0.1, 0.15) is 19.8 Å². The Balaban J connectivity index is 2.08. The molecule has 0 saturated carbocycles. The molecule has 0 aromatic carbocycles. The van der Waals surface area contributed by atoms with E-state index in [1.165, 1.54) is 11.8 Å².